The number of hydrogen-bond acceptors (Lipinski definition) is 0. The summed E-state index contributed by atoms with van der Waals surface area (Å²) in [6, 6.07) is 81.1. The molecule has 10 aromatic carbocycles. The summed E-state index contributed by atoms with van der Waals surface area (Å²) in [6.07, 6.45) is 0. The predicted octanol–water partition coefficient (Wildman–Crippen LogP) is 14.8. The molecule has 0 spiro atoms. The lowest BCUT2D eigenvalue weighted by Gasteiger charge is -2.23. The highest BCUT2D eigenvalue weighted by Gasteiger charge is 2.38. The van der Waals surface area contributed by atoms with Crippen molar-refractivity contribution in [2.24, 2.45) is 0 Å². The molecule has 1 heterocycles. The van der Waals surface area contributed by atoms with Crippen molar-refractivity contribution in [1.29, 1.82) is 0 Å². The van der Waals surface area contributed by atoms with Gasteiger partial charge in [0.2, 0.25) is 0 Å². The van der Waals surface area contributed by atoms with Crippen molar-refractivity contribution in [3.63, 3.8) is 0 Å². The van der Waals surface area contributed by atoms with E-state index in [1.807, 2.05) is 0 Å². The third-order valence-electron chi connectivity index (χ3n) is 12.7. The monoisotopic (exact) mass is 766 g/mol. The van der Waals surface area contributed by atoms with Gasteiger partial charge in [0, 0.05) is 0 Å². The van der Waals surface area contributed by atoms with Gasteiger partial charge in [0.25, 0.3) is 0 Å². The topological polar surface area (TPSA) is 0 Å². The molecule has 11 rings (SSSR count). The minimum atomic E-state index is -1.98. The van der Waals surface area contributed by atoms with E-state index in [2.05, 4.69) is 231 Å². The van der Waals surface area contributed by atoms with Gasteiger partial charge >= 0.3 is 0 Å². The van der Waals surface area contributed by atoms with Gasteiger partial charge in [-0.2, -0.15) is 0 Å². The van der Waals surface area contributed by atoms with E-state index in [1.54, 1.807) is 0 Å². The van der Waals surface area contributed by atoms with Crippen molar-refractivity contribution < 1.29 is 0 Å². The lowest BCUT2D eigenvalue weighted by Crippen LogP contribution is -2.49. The Labute approximate surface area is 347 Å². The Morgan fingerprint density at radius 3 is 1.10 bits per heavy atom. The van der Waals surface area contributed by atoms with E-state index in [-0.39, 0.29) is 0 Å². The van der Waals surface area contributed by atoms with Crippen LogP contribution in [0.5, 0.6) is 0 Å². The molecule has 0 fully saturated rings. The number of rotatable bonds is 6. The van der Waals surface area contributed by atoms with Crippen LogP contribution < -0.4 is 10.4 Å². The van der Waals surface area contributed by atoms with Crippen LogP contribution in [-0.4, -0.2) is 8.07 Å². The summed E-state index contributed by atoms with van der Waals surface area (Å²) in [5.41, 5.74) is 17.6. The number of hydrogen-bond donors (Lipinski definition) is 0. The molecular formula is C58H42Si. The second kappa shape index (κ2) is 14.1. The Bertz CT molecular complexity index is 3160. The van der Waals surface area contributed by atoms with Gasteiger partial charge in [-0.1, -0.05) is 219 Å². The van der Waals surface area contributed by atoms with Crippen LogP contribution in [0, 0.1) is 0 Å². The highest BCUT2D eigenvalue weighted by atomic mass is 28.3. The molecule has 0 N–H and O–H groups in total. The minimum absolute atomic E-state index is 1.21. The summed E-state index contributed by atoms with van der Waals surface area (Å²) < 4.78 is 0. The molecule has 0 aromatic heterocycles. The van der Waals surface area contributed by atoms with Crippen molar-refractivity contribution in [2.45, 2.75) is 13.1 Å². The quantitative estimate of drug-likeness (QED) is 0.117. The molecule has 278 valence electrons. The summed E-state index contributed by atoms with van der Waals surface area (Å²) in [4.78, 5) is 0. The molecule has 0 atom stereocenters. The fraction of sp³-hybridized carbons (Fsp3) is 0.0345. The number of benzene rings is 10. The molecule has 10 aromatic rings. The van der Waals surface area contributed by atoms with Crippen LogP contribution in [0.1, 0.15) is 0 Å². The molecule has 0 amide bonds. The fourth-order valence-corrected chi connectivity index (χ4v) is 12.7. The van der Waals surface area contributed by atoms with E-state index in [1.165, 1.54) is 110 Å². The zero-order valence-electron chi connectivity index (χ0n) is 33.3. The van der Waals surface area contributed by atoms with E-state index in [4.69, 9.17) is 0 Å². The third-order valence-corrected chi connectivity index (χ3v) is 16.2. The summed E-state index contributed by atoms with van der Waals surface area (Å²) in [5, 5.41) is 8.19. The Balaban J connectivity index is 1.20. The summed E-state index contributed by atoms with van der Waals surface area (Å²) >= 11 is 0. The van der Waals surface area contributed by atoms with Crippen LogP contribution in [0.3, 0.4) is 0 Å². The third kappa shape index (κ3) is 5.97. The van der Waals surface area contributed by atoms with E-state index in [9.17, 15) is 0 Å². The van der Waals surface area contributed by atoms with E-state index in [0.29, 0.717) is 0 Å². The molecule has 0 unspecified atom stereocenters. The molecule has 1 heteroatoms. The largest absolute Gasteiger partial charge is 0.113 e. The number of fused-ring (bicyclic) bond motifs is 5. The first-order valence-electron chi connectivity index (χ1n) is 20.7. The second-order valence-electron chi connectivity index (χ2n) is 16.5. The standard InChI is InChI=1S/C58H42Si/c1-59(2)55-21-13-12-20-49(55)51-37-53-54(38-56(51)59)58(47-32-28-44(29-33-47)41-18-10-5-11-19-41)52-36-48(45-24-22-42(23-25-45)39-14-6-3-7-15-39)34-35-50(52)57(53)46-30-26-43(27-31-46)40-16-8-4-9-17-40/h3-38H,1-2H3. The Hall–Kier alpha value is -7.06. The average molecular weight is 767 g/mol. The lowest BCUT2D eigenvalue weighted by atomic mass is 9.83. The zero-order valence-corrected chi connectivity index (χ0v) is 34.3. The predicted molar refractivity (Wildman–Crippen MR) is 256 cm³/mol. The van der Waals surface area contributed by atoms with Crippen molar-refractivity contribution in [3.05, 3.63) is 218 Å². The van der Waals surface area contributed by atoms with Crippen LogP contribution in [0.4, 0.5) is 0 Å². The highest BCUT2D eigenvalue weighted by Crippen LogP contribution is 2.47. The first kappa shape index (κ1) is 35.1. The van der Waals surface area contributed by atoms with Gasteiger partial charge < -0.3 is 0 Å². The van der Waals surface area contributed by atoms with Crippen molar-refractivity contribution in [3.8, 4) is 77.9 Å². The highest BCUT2D eigenvalue weighted by molar-refractivity contribution is 7.04. The molecule has 0 nitrogen and oxygen atoms in total. The first-order valence-corrected chi connectivity index (χ1v) is 23.7. The van der Waals surface area contributed by atoms with Crippen molar-refractivity contribution >= 4 is 40.0 Å². The van der Waals surface area contributed by atoms with E-state index >= 15 is 0 Å². The second-order valence-corrected chi connectivity index (χ2v) is 20.8. The molecule has 0 saturated heterocycles. The SMILES string of the molecule is C[Si]1(C)c2ccccc2-c2cc3c(-c4ccc(-c5ccccc5)cc4)c4ccc(-c5ccc(-c6ccccc6)cc5)cc4c(-c4ccc(-c5ccccc5)cc4)c3cc21. The Kier molecular flexibility index (Phi) is 8.39. The Morgan fingerprint density at radius 2 is 0.593 bits per heavy atom. The fourth-order valence-electron chi connectivity index (χ4n) is 9.63. The normalized spacial score (nSPS) is 12.7. The zero-order chi connectivity index (χ0) is 39.5. The van der Waals surface area contributed by atoms with Crippen LogP contribution >= 0.6 is 0 Å². The van der Waals surface area contributed by atoms with Gasteiger partial charge in [0.1, 0.15) is 8.07 Å². The van der Waals surface area contributed by atoms with Gasteiger partial charge in [-0.3, -0.25) is 0 Å². The van der Waals surface area contributed by atoms with Crippen molar-refractivity contribution in [2.75, 3.05) is 0 Å². The van der Waals surface area contributed by atoms with Crippen LogP contribution in [0.15, 0.2) is 218 Å². The van der Waals surface area contributed by atoms with Crippen LogP contribution in [0.2, 0.25) is 13.1 Å². The van der Waals surface area contributed by atoms with Gasteiger partial charge in [0.15, 0.2) is 0 Å². The lowest BCUT2D eigenvalue weighted by molar-refractivity contribution is 1.59. The summed E-state index contributed by atoms with van der Waals surface area (Å²) in [7, 11) is -1.98. The molecule has 0 saturated carbocycles. The molecule has 1 aliphatic heterocycles. The molecule has 0 aliphatic carbocycles. The molecule has 59 heavy (non-hydrogen) atoms. The van der Waals surface area contributed by atoms with E-state index in [0.717, 1.165) is 0 Å². The van der Waals surface area contributed by atoms with Gasteiger partial charge in [0.05, 0.1) is 0 Å². The van der Waals surface area contributed by atoms with Gasteiger partial charge in [-0.25, -0.2) is 0 Å². The maximum Gasteiger partial charge on any atom is 0.113 e. The molecule has 0 bridgehead atoms. The summed E-state index contributed by atoms with van der Waals surface area (Å²) in [6.45, 7) is 5.05. The van der Waals surface area contributed by atoms with Gasteiger partial charge in [-0.15, -0.1) is 0 Å². The van der Waals surface area contributed by atoms with E-state index < -0.39 is 8.07 Å². The van der Waals surface area contributed by atoms with Crippen molar-refractivity contribution in [1.82, 2.24) is 0 Å². The maximum atomic E-state index is 2.60. The van der Waals surface area contributed by atoms with Crippen LogP contribution in [0.25, 0.3) is 99.4 Å². The molecule has 1 aliphatic rings. The minimum Gasteiger partial charge on any atom is -0.0623 e. The maximum absolute atomic E-state index is 2.60. The molecule has 0 radical (unpaired) electrons. The van der Waals surface area contributed by atoms with Crippen LogP contribution in [-0.2, 0) is 0 Å². The smallest absolute Gasteiger partial charge is 0.0623 e. The summed E-state index contributed by atoms with van der Waals surface area (Å²) in [5.74, 6) is 0. The molecular weight excluding hydrogens is 725 g/mol. The van der Waals surface area contributed by atoms with Gasteiger partial charge in [-0.05, 0) is 122 Å². The average Bonchev–Trinajstić information content (AvgIpc) is 3.53. The first-order chi connectivity index (χ1) is 29.0. The Morgan fingerprint density at radius 1 is 0.237 bits per heavy atom.